The van der Waals surface area contributed by atoms with Crippen LogP contribution in [-0.2, 0) is 16.6 Å². The lowest BCUT2D eigenvalue weighted by Gasteiger charge is -2.65. The molecule has 166 valence electrons. The second-order valence-electron chi connectivity index (χ2n) is 9.94. The number of allylic oxidation sites excluding steroid dienone is 1. The predicted octanol–water partition coefficient (Wildman–Crippen LogP) is 2.02. The van der Waals surface area contributed by atoms with E-state index in [1.54, 1.807) is 7.11 Å². The van der Waals surface area contributed by atoms with Gasteiger partial charge in [0.25, 0.3) is 5.91 Å². The lowest BCUT2D eigenvalue weighted by Crippen LogP contribution is -2.76. The number of nitrogens with zero attached hydrogens (tertiary/aromatic N) is 1. The van der Waals surface area contributed by atoms with Crippen molar-refractivity contribution in [2.24, 2.45) is 0 Å². The molecule has 1 spiro atoms. The third-order valence-corrected chi connectivity index (χ3v) is 8.18. The number of imide groups is 1. The molecule has 4 unspecified atom stereocenters. The maximum absolute atomic E-state index is 12.9. The van der Waals surface area contributed by atoms with Gasteiger partial charge < -0.3 is 15.2 Å². The van der Waals surface area contributed by atoms with Crippen LogP contribution in [0.3, 0.4) is 0 Å². The molecule has 2 aliphatic heterocycles. The standard InChI is InChI=1S/C24H31N3O4/c1-15(2)6-10-27-11-9-22-14-23(20(28)25-21(29)26-23)7-8-24(22,30)19(27)12-16-4-5-17(31-3)13-18(16)22/h4-6,13,19,30H,7-12,14H2,1-3H3,(H2,25,26,28,29). The van der Waals surface area contributed by atoms with E-state index in [1.807, 2.05) is 12.1 Å². The molecule has 7 heteroatoms. The van der Waals surface area contributed by atoms with Gasteiger partial charge in [-0.15, -0.1) is 0 Å². The van der Waals surface area contributed by atoms with Crippen molar-refractivity contribution in [1.29, 1.82) is 0 Å². The Kier molecular flexibility index (Phi) is 4.51. The number of urea groups is 1. The van der Waals surface area contributed by atoms with Gasteiger partial charge in [0.2, 0.25) is 0 Å². The Balaban J connectivity index is 1.65. The summed E-state index contributed by atoms with van der Waals surface area (Å²) in [6.07, 6.45) is 5.01. The van der Waals surface area contributed by atoms with Crippen LogP contribution < -0.4 is 15.4 Å². The van der Waals surface area contributed by atoms with E-state index in [9.17, 15) is 14.7 Å². The fraction of sp³-hybridized carbons (Fsp3) is 0.583. The molecule has 3 amide bonds. The first kappa shape index (κ1) is 20.5. The first-order valence-corrected chi connectivity index (χ1v) is 11.1. The largest absolute Gasteiger partial charge is 0.497 e. The molecular weight excluding hydrogens is 394 g/mol. The fourth-order valence-electron chi connectivity index (χ4n) is 6.60. The zero-order valence-electron chi connectivity index (χ0n) is 18.5. The van der Waals surface area contributed by atoms with Crippen LogP contribution >= 0.6 is 0 Å². The highest BCUT2D eigenvalue weighted by molar-refractivity contribution is 6.07. The Morgan fingerprint density at radius 1 is 1.29 bits per heavy atom. The number of nitrogens with one attached hydrogen (secondary N) is 2. The summed E-state index contributed by atoms with van der Waals surface area (Å²) in [5.41, 5.74) is 0.971. The summed E-state index contributed by atoms with van der Waals surface area (Å²) in [5.74, 6) is 0.480. The molecule has 1 aromatic rings. The molecular formula is C24H31N3O4. The van der Waals surface area contributed by atoms with Gasteiger partial charge in [-0.25, -0.2) is 4.79 Å². The van der Waals surface area contributed by atoms with Gasteiger partial charge in [-0.05, 0) is 75.8 Å². The van der Waals surface area contributed by atoms with E-state index >= 15 is 0 Å². The number of carbonyl (C=O) groups is 2. The number of aliphatic hydroxyl groups is 1. The van der Waals surface area contributed by atoms with Gasteiger partial charge in [-0.2, -0.15) is 0 Å². The summed E-state index contributed by atoms with van der Waals surface area (Å²) >= 11 is 0. The van der Waals surface area contributed by atoms with E-state index < -0.39 is 22.6 Å². The Labute approximate surface area is 182 Å². The highest BCUT2D eigenvalue weighted by Crippen LogP contribution is 2.60. The molecule has 1 aromatic carbocycles. The summed E-state index contributed by atoms with van der Waals surface area (Å²) < 4.78 is 5.52. The van der Waals surface area contributed by atoms with Gasteiger partial charge >= 0.3 is 6.03 Å². The van der Waals surface area contributed by atoms with Crippen LogP contribution in [0.25, 0.3) is 0 Å². The predicted molar refractivity (Wildman–Crippen MR) is 116 cm³/mol. The van der Waals surface area contributed by atoms with Crippen molar-refractivity contribution in [1.82, 2.24) is 15.5 Å². The quantitative estimate of drug-likeness (QED) is 0.509. The Bertz CT molecular complexity index is 987. The molecule has 3 N–H and O–H groups in total. The number of likely N-dealkylation sites (tertiary alicyclic amines) is 1. The number of benzene rings is 1. The number of carbonyl (C=O) groups excluding carboxylic acids is 2. The molecule has 31 heavy (non-hydrogen) atoms. The van der Waals surface area contributed by atoms with Crippen molar-refractivity contribution in [3.63, 3.8) is 0 Å². The number of hydrogen-bond acceptors (Lipinski definition) is 5. The van der Waals surface area contributed by atoms with Crippen LogP contribution in [0, 0.1) is 0 Å². The Morgan fingerprint density at radius 2 is 2.10 bits per heavy atom. The zero-order chi connectivity index (χ0) is 22.0. The highest BCUT2D eigenvalue weighted by Gasteiger charge is 2.69. The minimum atomic E-state index is -0.973. The molecule has 3 fully saturated rings. The van der Waals surface area contributed by atoms with Crippen LogP contribution in [0.5, 0.6) is 5.75 Å². The summed E-state index contributed by atoms with van der Waals surface area (Å²) in [7, 11) is 1.65. The molecule has 0 aromatic heterocycles. The second-order valence-corrected chi connectivity index (χ2v) is 9.94. The van der Waals surface area contributed by atoms with Crippen molar-refractivity contribution in [3.05, 3.63) is 41.0 Å². The number of fused-ring (bicyclic) bond motifs is 1. The molecule has 2 bridgehead atoms. The van der Waals surface area contributed by atoms with Crippen molar-refractivity contribution in [2.75, 3.05) is 20.2 Å². The molecule has 0 radical (unpaired) electrons. The second kappa shape index (κ2) is 6.81. The van der Waals surface area contributed by atoms with Crippen molar-refractivity contribution in [2.45, 2.75) is 68.5 Å². The van der Waals surface area contributed by atoms with Gasteiger partial charge in [0.05, 0.1) is 12.7 Å². The number of amides is 3. The molecule has 4 aliphatic rings. The molecule has 2 aliphatic carbocycles. The van der Waals surface area contributed by atoms with E-state index in [-0.39, 0.29) is 11.9 Å². The minimum absolute atomic E-state index is 0.0322. The summed E-state index contributed by atoms with van der Waals surface area (Å²) in [6, 6.07) is 5.64. The van der Waals surface area contributed by atoms with E-state index in [1.165, 1.54) is 11.1 Å². The lowest BCUT2D eigenvalue weighted by molar-refractivity contribution is -0.178. The number of ether oxygens (including phenoxy) is 1. The average molecular weight is 426 g/mol. The minimum Gasteiger partial charge on any atom is -0.497 e. The Morgan fingerprint density at radius 3 is 2.77 bits per heavy atom. The maximum atomic E-state index is 12.9. The summed E-state index contributed by atoms with van der Waals surface area (Å²) in [6.45, 7) is 5.83. The van der Waals surface area contributed by atoms with Gasteiger partial charge in [0.1, 0.15) is 11.3 Å². The van der Waals surface area contributed by atoms with Crippen LogP contribution in [0.4, 0.5) is 4.79 Å². The SMILES string of the molecule is COc1ccc2c(c1)C13CCN(CC=C(C)C)C(C2)C1(O)CCC1(C3)NC(=O)NC1=O. The van der Waals surface area contributed by atoms with Crippen molar-refractivity contribution >= 4 is 11.9 Å². The zero-order valence-corrected chi connectivity index (χ0v) is 18.5. The molecule has 7 nitrogen and oxygen atoms in total. The van der Waals surface area contributed by atoms with Crippen LogP contribution in [0.15, 0.2) is 29.8 Å². The summed E-state index contributed by atoms with van der Waals surface area (Å²) in [5, 5.41) is 17.7. The third kappa shape index (κ3) is 2.79. The molecule has 1 saturated carbocycles. The van der Waals surface area contributed by atoms with Crippen LogP contribution in [-0.4, -0.2) is 59.3 Å². The van der Waals surface area contributed by atoms with Crippen LogP contribution in [0.2, 0.25) is 0 Å². The third-order valence-electron chi connectivity index (χ3n) is 8.18. The summed E-state index contributed by atoms with van der Waals surface area (Å²) in [4.78, 5) is 27.3. The first-order chi connectivity index (χ1) is 14.7. The molecule has 5 rings (SSSR count). The number of hydrogen-bond donors (Lipinski definition) is 3. The van der Waals surface area contributed by atoms with E-state index in [0.717, 1.165) is 37.2 Å². The Hall–Kier alpha value is -2.38. The van der Waals surface area contributed by atoms with Gasteiger partial charge in [-0.1, -0.05) is 17.7 Å². The first-order valence-electron chi connectivity index (χ1n) is 11.1. The smallest absolute Gasteiger partial charge is 0.322 e. The van der Waals surface area contributed by atoms with E-state index in [0.29, 0.717) is 19.3 Å². The van der Waals surface area contributed by atoms with E-state index in [4.69, 9.17) is 4.74 Å². The normalized spacial score (nSPS) is 36.3. The monoisotopic (exact) mass is 425 g/mol. The van der Waals surface area contributed by atoms with Gasteiger partial charge in [0.15, 0.2) is 0 Å². The lowest BCUT2D eigenvalue weighted by atomic mass is 9.46. The molecule has 2 heterocycles. The number of piperidine rings is 1. The maximum Gasteiger partial charge on any atom is 0.322 e. The topological polar surface area (TPSA) is 90.9 Å². The average Bonchev–Trinajstić information content (AvgIpc) is 3.00. The van der Waals surface area contributed by atoms with Gasteiger partial charge in [-0.3, -0.25) is 15.0 Å². The fourth-order valence-corrected chi connectivity index (χ4v) is 6.60. The number of methoxy groups -OCH3 is 1. The van der Waals surface area contributed by atoms with Gasteiger partial charge in [0, 0.05) is 18.0 Å². The molecule has 4 atom stereocenters. The van der Waals surface area contributed by atoms with Crippen LogP contribution in [0.1, 0.15) is 50.7 Å². The van der Waals surface area contributed by atoms with E-state index in [2.05, 4.69) is 41.5 Å². The highest BCUT2D eigenvalue weighted by atomic mass is 16.5. The van der Waals surface area contributed by atoms with Crippen molar-refractivity contribution in [3.8, 4) is 5.75 Å². The number of rotatable bonds is 3. The van der Waals surface area contributed by atoms with Crippen molar-refractivity contribution < 1.29 is 19.4 Å². The molecule has 2 saturated heterocycles.